The Bertz CT molecular complexity index is 535. The van der Waals surface area contributed by atoms with Crippen LogP contribution in [0.3, 0.4) is 0 Å². The van der Waals surface area contributed by atoms with Gasteiger partial charge in [-0.3, -0.25) is 0 Å². The van der Waals surface area contributed by atoms with Crippen molar-refractivity contribution in [1.29, 1.82) is 0 Å². The maximum atomic E-state index is 5.53. The van der Waals surface area contributed by atoms with Crippen molar-refractivity contribution in [2.75, 3.05) is 18.5 Å². The fourth-order valence-corrected chi connectivity index (χ4v) is 1.99. The SMILES string of the molecule is CCOCC(Nc1nccc2c1ncn2C)C(C)C. The van der Waals surface area contributed by atoms with E-state index in [0.29, 0.717) is 12.5 Å². The van der Waals surface area contributed by atoms with Crippen LogP contribution in [0.25, 0.3) is 11.0 Å². The quantitative estimate of drug-likeness (QED) is 0.868. The lowest BCUT2D eigenvalue weighted by atomic mass is 10.1. The van der Waals surface area contributed by atoms with Gasteiger partial charge in [0.25, 0.3) is 0 Å². The van der Waals surface area contributed by atoms with Crippen molar-refractivity contribution < 1.29 is 4.74 Å². The molecule has 2 aromatic heterocycles. The monoisotopic (exact) mass is 262 g/mol. The van der Waals surface area contributed by atoms with Crippen molar-refractivity contribution >= 4 is 16.9 Å². The number of aryl methyl sites for hydroxylation is 1. The van der Waals surface area contributed by atoms with E-state index in [2.05, 4.69) is 29.1 Å². The third kappa shape index (κ3) is 3.04. The molecule has 0 amide bonds. The van der Waals surface area contributed by atoms with Crippen LogP contribution < -0.4 is 5.32 Å². The Balaban J connectivity index is 2.23. The lowest BCUT2D eigenvalue weighted by molar-refractivity contribution is 0.126. The number of anilines is 1. The second kappa shape index (κ2) is 6.02. The van der Waals surface area contributed by atoms with E-state index in [0.717, 1.165) is 23.5 Å². The summed E-state index contributed by atoms with van der Waals surface area (Å²) in [5.41, 5.74) is 1.99. The molecule has 5 heteroatoms. The molecule has 1 atom stereocenters. The lowest BCUT2D eigenvalue weighted by Gasteiger charge is -2.22. The summed E-state index contributed by atoms with van der Waals surface area (Å²) in [4.78, 5) is 8.82. The van der Waals surface area contributed by atoms with Gasteiger partial charge in [0, 0.05) is 19.9 Å². The topological polar surface area (TPSA) is 52.0 Å². The lowest BCUT2D eigenvalue weighted by Crippen LogP contribution is -2.31. The zero-order valence-electron chi connectivity index (χ0n) is 12.1. The van der Waals surface area contributed by atoms with Crippen LogP contribution >= 0.6 is 0 Å². The number of imidazole rings is 1. The Kier molecular flexibility index (Phi) is 4.37. The molecular weight excluding hydrogens is 240 g/mol. The highest BCUT2D eigenvalue weighted by atomic mass is 16.5. The number of aromatic nitrogens is 3. The van der Waals surface area contributed by atoms with Crippen molar-refractivity contribution in [3.8, 4) is 0 Å². The standard InChI is InChI=1S/C14H22N4O/c1-5-19-8-11(10(2)3)17-14-13-12(6-7-15-14)18(4)9-16-13/h6-7,9-11H,5,8H2,1-4H3,(H,15,17). The van der Waals surface area contributed by atoms with Gasteiger partial charge in [-0.15, -0.1) is 0 Å². The Hall–Kier alpha value is -1.62. The third-order valence-corrected chi connectivity index (χ3v) is 3.27. The molecule has 1 unspecified atom stereocenters. The Morgan fingerprint density at radius 2 is 2.16 bits per heavy atom. The number of hydrogen-bond donors (Lipinski definition) is 1. The number of nitrogens with one attached hydrogen (secondary N) is 1. The van der Waals surface area contributed by atoms with Crippen molar-refractivity contribution in [2.24, 2.45) is 13.0 Å². The minimum Gasteiger partial charge on any atom is -0.380 e. The maximum absolute atomic E-state index is 5.53. The average molecular weight is 262 g/mol. The molecular formula is C14H22N4O. The molecule has 0 radical (unpaired) electrons. The molecule has 2 aromatic rings. The summed E-state index contributed by atoms with van der Waals surface area (Å²) >= 11 is 0. The van der Waals surface area contributed by atoms with Crippen molar-refractivity contribution in [1.82, 2.24) is 14.5 Å². The summed E-state index contributed by atoms with van der Waals surface area (Å²) in [5, 5.41) is 3.46. The Morgan fingerprint density at radius 3 is 2.84 bits per heavy atom. The molecule has 1 N–H and O–H groups in total. The van der Waals surface area contributed by atoms with Gasteiger partial charge in [-0.25, -0.2) is 9.97 Å². The highest BCUT2D eigenvalue weighted by molar-refractivity contribution is 5.85. The fraction of sp³-hybridized carbons (Fsp3) is 0.571. The third-order valence-electron chi connectivity index (χ3n) is 3.27. The van der Waals surface area contributed by atoms with Gasteiger partial charge in [-0.2, -0.15) is 0 Å². The zero-order valence-corrected chi connectivity index (χ0v) is 12.1. The second-order valence-corrected chi connectivity index (χ2v) is 5.04. The first-order valence-corrected chi connectivity index (χ1v) is 6.73. The van der Waals surface area contributed by atoms with E-state index < -0.39 is 0 Å². The molecule has 0 aliphatic heterocycles. The molecule has 0 aliphatic carbocycles. The molecule has 104 valence electrons. The molecule has 0 aliphatic rings. The number of pyridine rings is 1. The van der Waals surface area contributed by atoms with Gasteiger partial charge in [-0.05, 0) is 18.9 Å². The van der Waals surface area contributed by atoms with Crippen LogP contribution in [0.1, 0.15) is 20.8 Å². The summed E-state index contributed by atoms with van der Waals surface area (Å²) in [5.74, 6) is 1.30. The largest absolute Gasteiger partial charge is 0.380 e. The van der Waals surface area contributed by atoms with E-state index in [-0.39, 0.29) is 6.04 Å². The normalized spacial score (nSPS) is 13.1. The summed E-state index contributed by atoms with van der Waals surface area (Å²) in [6.07, 6.45) is 3.62. The number of nitrogens with zero attached hydrogens (tertiary/aromatic N) is 3. The van der Waals surface area contributed by atoms with Gasteiger partial charge in [0.1, 0.15) is 5.52 Å². The van der Waals surface area contributed by atoms with E-state index >= 15 is 0 Å². The van der Waals surface area contributed by atoms with Gasteiger partial charge >= 0.3 is 0 Å². The Labute approximate surface area is 114 Å². The maximum Gasteiger partial charge on any atom is 0.154 e. The molecule has 0 spiro atoms. The molecule has 0 aromatic carbocycles. The van der Waals surface area contributed by atoms with Gasteiger partial charge in [-0.1, -0.05) is 13.8 Å². The number of fused-ring (bicyclic) bond motifs is 1. The van der Waals surface area contributed by atoms with Crippen LogP contribution in [0.2, 0.25) is 0 Å². The highest BCUT2D eigenvalue weighted by Crippen LogP contribution is 2.20. The minimum atomic E-state index is 0.236. The van der Waals surface area contributed by atoms with E-state index in [9.17, 15) is 0 Å². The predicted octanol–water partition coefficient (Wildman–Crippen LogP) is 2.44. The van der Waals surface area contributed by atoms with Crippen LogP contribution in [0.15, 0.2) is 18.6 Å². The van der Waals surface area contributed by atoms with Crippen molar-refractivity contribution in [3.05, 3.63) is 18.6 Å². The molecule has 0 fully saturated rings. The zero-order chi connectivity index (χ0) is 13.8. The summed E-state index contributed by atoms with van der Waals surface area (Å²) in [6, 6.07) is 2.21. The molecule has 0 saturated carbocycles. The van der Waals surface area contributed by atoms with Crippen LogP contribution in [-0.4, -0.2) is 33.8 Å². The second-order valence-electron chi connectivity index (χ2n) is 5.04. The van der Waals surface area contributed by atoms with Gasteiger partial charge < -0.3 is 14.6 Å². The predicted molar refractivity (Wildman–Crippen MR) is 77.3 cm³/mol. The van der Waals surface area contributed by atoms with Gasteiger partial charge in [0.05, 0.1) is 24.5 Å². The average Bonchev–Trinajstić information content (AvgIpc) is 2.77. The Morgan fingerprint density at radius 1 is 1.37 bits per heavy atom. The van der Waals surface area contributed by atoms with E-state index in [1.165, 1.54) is 0 Å². The van der Waals surface area contributed by atoms with E-state index in [1.807, 2.05) is 37.1 Å². The first-order chi connectivity index (χ1) is 9.13. The molecule has 19 heavy (non-hydrogen) atoms. The summed E-state index contributed by atoms with van der Waals surface area (Å²) in [7, 11) is 1.99. The number of ether oxygens (including phenoxy) is 1. The highest BCUT2D eigenvalue weighted by Gasteiger charge is 2.16. The van der Waals surface area contributed by atoms with Crippen LogP contribution in [0.4, 0.5) is 5.82 Å². The first kappa shape index (κ1) is 13.8. The van der Waals surface area contributed by atoms with Crippen LogP contribution in [0.5, 0.6) is 0 Å². The number of hydrogen-bond acceptors (Lipinski definition) is 4. The van der Waals surface area contributed by atoms with Crippen molar-refractivity contribution in [3.63, 3.8) is 0 Å². The van der Waals surface area contributed by atoms with Gasteiger partial charge in [0.2, 0.25) is 0 Å². The summed E-state index contributed by atoms with van der Waals surface area (Å²) in [6.45, 7) is 7.77. The van der Waals surface area contributed by atoms with E-state index in [1.54, 1.807) is 0 Å². The smallest absolute Gasteiger partial charge is 0.154 e. The van der Waals surface area contributed by atoms with Gasteiger partial charge in [0.15, 0.2) is 5.82 Å². The first-order valence-electron chi connectivity index (χ1n) is 6.73. The van der Waals surface area contributed by atoms with Crippen LogP contribution in [0, 0.1) is 5.92 Å². The molecule has 2 rings (SSSR count). The summed E-state index contributed by atoms with van der Waals surface area (Å²) < 4.78 is 7.53. The molecule has 2 heterocycles. The number of rotatable bonds is 6. The van der Waals surface area contributed by atoms with Crippen LogP contribution in [-0.2, 0) is 11.8 Å². The molecule has 0 saturated heterocycles. The minimum absolute atomic E-state index is 0.236. The van der Waals surface area contributed by atoms with E-state index in [4.69, 9.17) is 4.74 Å². The van der Waals surface area contributed by atoms with Crippen molar-refractivity contribution in [2.45, 2.75) is 26.8 Å². The fourth-order valence-electron chi connectivity index (χ4n) is 1.99. The molecule has 0 bridgehead atoms. The molecule has 5 nitrogen and oxygen atoms in total.